The molecule has 15 heavy (non-hydrogen) atoms. The zero-order valence-corrected chi connectivity index (χ0v) is 8.95. The van der Waals surface area contributed by atoms with Crippen molar-refractivity contribution >= 4 is 5.97 Å². The molecule has 0 radical (unpaired) electrons. The van der Waals surface area contributed by atoms with Crippen molar-refractivity contribution in [3.8, 4) is 0 Å². The Morgan fingerprint density at radius 2 is 2.40 bits per heavy atom. The Balaban J connectivity index is 2.25. The van der Waals surface area contributed by atoms with E-state index in [2.05, 4.69) is 6.92 Å². The molecular formula is C12H16O3. The predicted octanol–water partition coefficient (Wildman–Crippen LogP) is 2.07. The second kappa shape index (κ2) is 3.81. The molecule has 0 bridgehead atoms. The quantitative estimate of drug-likeness (QED) is 0.722. The number of hydrogen-bond donors (Lipinski definition) is 1. The van der Waals surface area contributed by atoms with Gasteiger partial charge >= 0.3 is 5.97 Å². The second-order valence-electron chi connectivity index (χ2n) is 4.11. The van der Waals surface area contributed by atoms with Gasteiger partial charge in [-0.05, 0) is 19.3 Å². The molecule has 0 fully saturated rings. The Labute approximate surface area is 89.4 Å². The van der Waals surface area contributed by atoms with E-state index in [0.29, 0.717) is 12.0 Å². The first-order valence-electron chi connectivity index (χ1n) is 5.53. The van der Waals surface area contributed by atoms with Gasteiger partial charge in [0, 0.05) is 12.0 Å². The van der Waals surface area contributed by atoms with Gasteiger partial charge in [0.25, 0.3) is 0 Å². The van der Waals surface area contributed by atoms with Crippen LogP contribution in [0, 0.1) is 0 Å². The van der Waals surface area contributed by atoms with Crippen molar-refractivity contribution in [2.45, 2.75) is 44.8 Å². The average molecular weight is 208 g/mol. The normalized spacial score (nSPS) is 29.3. The number of carbonyl (C=O) groups is 1. The van der Waals surface area contributed by atoms with E-state index in [1.54, 1.807) is 6.08 Å². The highest BCUT2D eigenvalue weighted by Gasteiger charge is 2.44. The fourth-order valence-corrected chi connectivity index (χ4v) is 2.15. The Hall–Kier alpha value is -1.09. The first kappa shape index (κ1) is 10.4. The van der Waals surface area contributed by atoms with Gasteiger partial charge in [-0.25, -0.2) is 4.79 Å². The van der Waals surface area contributed by atoms with E-state index < -0.39 is 5.79 Å². The van der Waals surface area contributed by atoms with Gasteiger partial charge in [-0.3, -0.25) is 0 Å². The molecule has 0 amide bonds. The summed E-state index contributed by atoms with van der Waals surface area (Å²) in [6, 6.07) is 0. The zero-order valence-electron chi connectivity index (χ0n) is 8.95. The Morgan fingerprint density at radius 1 is 1.60 bits per heavy atom. The number of carbonyl (C=O) groups excluding carboxylic acids is 1. The highest BCUT2D eigenvalue weighted by Crippen LogP contribution is 2.39. The third kappa shape index (κ3) is 1.72. The maximum atomic E-state index is 11.5. The van der Waals surface area contributed by atoms with Crippen LogP contribution in [-0.4, -0.2) is 16.9 Å². The summed E-state index contributed by atoms with van der Waals surface area (Å²) in [5.41, 5.74) is 1.35. The summed E-state index contributed by atoms with van der Waals surface area (Å²) in [4.78, 5) is 11.5. The molecule has 1 heterocycles. The second-order valence-corrected chi connectivity index (χ2v) is 4.11. The molecule has 3 nitrogen and oxygen atoms in total. The number of ether oxygens (including phenoxy) is 1. The van der Waals surface area contributed by atoms with Gasteiger partial charge < -0.3 is 9.84 Å². The van der Waals surface area contributed by atoms with Gasteiger partial charge in [0.1, 0.15) is 0 Å². The van der Waals surface area contributed by atoms with Crippen molar-refractivity contribution in [3.63, 3.8) is 0 Å². The minimum atomic E-state index is -1.31. The lowest BCUT2D eigenvalue weighted by Gasteiger charge is -2.25. The highest BCUT2D eigenvalue weighted by atomic mass is 16.7. The number of esters is 1. The molecule has 0 aromatic rings. The third-order valence-corrected chi connectivity index (χ3v) is 2.99. The van der Waals surface area contributed by atoms with Crippen LogP contribution in [0.4, 0.5) is 0 Å². The topological polar surface area (TPSA) is 46.5 Å². The minimum absolute atomic E-state index is 0.375. The van der Waals surface area contributed by atoms with Gasteiger partial charge in [0.05, 0.1) is 5.57 Å². The van der Waals surface area contributed by atoms with E-state index in [-0.39, 0.29) is 5.97 Å². The summed E-state index contributed by atoms with van der Waals surface area (Å²) >= 11 is 0. The number of rotatable bonds is 3. The molecule has 0 aromatic heterocycles. The molecule has 1 N–H and O–H groups in total. The molecule has 2 rings (SSSR count). The Kier molecular flexibility index (Phi) is 2.65. The van der Waals surface area contributed by atoms with Gasteiger partial charge in [-0.1, -0.05) is 25.5 Å². The largest absolute Gasteiger partial charge is 0.425 e. The molecule has 82 valence electrons. The molecule has 1 atom stereocenters. The van der Waals surface area contributed by atoms with E-state index in [1.165, 1.54) is 0 Å². The summed E-state index contributed by atoms with van der Waals surface area (Å²) in [6.45, 7) is 2.05. The van der Waals surface area contributed by atoms with Gasteiger partial charge in [-0.15, -0.1) is 0 Å². The summed E-state index contributed by atoms with van der Waals surface area (Å²) < 4.78 is 5.09. The highest BCUT2D eigenvalue weighted by molar-refractivity contribution is 5.96. The minimum Gasteiger partial charge on any atom is -0.425 e. The lowest BCUT2D eigenvalue weighted by molar-refractivity contribution is -0.184. The van der Waals surface area contributed by atoms with Crippen molar-refractivity contribution in [3.05, 3.63) is 23.3 Å². The monoisotopic (exact) mass is 208 g/mol. The van der Waals surface area contributed by atoms with Crippen LogP contribution < -0.4 is 0 Å². The summed E-state index contributed by atoms with van der Waals surface area (Å²) in [6.07, 6.45) is 7.70. The third-order valence-electron chi connectivity index (χ3n) is 2.99. The van der Waals surface area contributed by atoms with Crippen LogP contribution in [0.2, 0.25) is 0 Å². The molecule has 0 spiro atoms. The molecule has 1 aliphatic heterocycles. The fraction of sp³-hybridized carbons (Fsp3) is 0.583. The molecule has 0 saturated heterocycles. The average Bonchev–Trinajstić information content (AvgIpc) is 2.50. The van der Waals surface area contributed by atoms with Crippen LogP contribution in [0.5, 0.6) is 0 Å². The van der Waals surface area contributed by atoms with Crippen molar-refractivity contribution in [1.82, 2.24) is 0 Å². The summed E-state index contributed by atoms with van der Waals surface area (Å²) in [5, 5.41) is 10.3. The fourth-order valence-electron chi connectivity index (χ4n) is 2.15. The van der Waals surface area contributed by atoms with E-state index in [0.717, 1.165) is 31.3 Å². The van der Waals surface area contributed by atoms with E-state index in [1.807, 2.05) is 6.08 Å². The predicted molar refractivity (Wildman–Crippen MR) is 56.0 cm³/mol. The Morgan fingerprint density at radius 3 is 3.13 bits per heavy atom. The number of unbranched alkanes of at least 4 members (excludes halogenated alkanes) is 1. The van der Waals surface area contributed by atoms with Gasteiger partial charge in [-0.2, -0.15) is 0 Å². The van der Waals surface area contributed by atoms with E-state index in [9.17, 15) is 9.90 Å². The summed E-state index contributed by atoms with van der Waals surface area (Å²) in [5.74, 6) is -1.69. The van der Waals surface area contributed by atoms with Crippen LogP contribution in [0.15, 0.2) is 23.3 Å². The van der Waals surface area contributed by atoms with Crippen molar-refractivity contribution in [2.24, 2.45) is 0 Å². The van der Waals surface area contributed by atoms with Crippen molar-refractivity contribution in [1.29, 1.82) is 0 Å². The van der Waals surface area contributed by atoms with Gasteiger partial charge in [0.15, 0.2) is 0 Å². The molecule has 0 unspecified atom stereocenters. The maximum Gasteiger partial charge on any atom is 0.341 e. The smallest absolute Gasteiger partial charge is 0.341 e. The number of aliphatic hydroxyl groups is 1. The van der Waals surface area contributed by atoms with Crippen LogP contribution in [0.1, 0.15) is 39.0 Å². The number of allylic oxidation sites excluding steroid dienone is 1. The standard InChI is InChI=1S/C12H16O3/c1-2-3-8-12(14)10-7-5-4-6-9(10)11(13)15-12/h4,6,14H,2-3,5,7-8H2,1H3/t12-/m0/s1. The van der Waals surface area contributed by atoms with Crippen LogP contribution in [0.3, 0.4) is 0 Å². The van der Waals surface area contributed by atoms with E-state index >= 15 is 0 Å². The molecule has 1 aliphatic carbocycles. The SMILES string of the molecule is CCCC[C@]1(O)OC(=O)C2=C1CCC=C2. The number of hydrogen-bond acceptors (Lipinski definition) is 3. The van der Waals surface area contributed by atoms with Crippen molar-refractivity contribution in [2.75, 3.05) is 0 Å². The lowest BCUT2D eigenvalue weighted by atomic mass is 9.90. The molecule has 0 aromatic carbocycles. The first-order chi connectivity index (χ1) is 7.17. The zero-order chi connectivity index (χ0) is 10.9. The maximum absolute atomic E-state index is 11.5. The molecule has 3 heteroatoms. The Bertz CT molecular complexity index is 341. The molecule has 2 aliphatic rings. The lowest BCUT2D eigenvalue weighted by Crippen LogP contribution is -2.31. The molecular weight excluding hydrogens is 192 g/mol. The van der Waals surface area contributed by atoms with E-state index in [4.69, 9.17) is 4.74 Å². The summed E-state index contributed by atoms with van der Waals surface area (Å²) in [7, 11) is 0. The van der Waals surface area contributed by atoms with Crippen molar-refractivity contribution < 1.29 is 14.6 Å². The number of cyclic esters (lactones) is 1. The van der Waals surface area contributed by atoms with Gasteiger partial charge in [0.2, 0.25) is 5.79 Å². The molecule has 0 saturated carbocycles. The van der Waals surface area contributed by atoms with Crippen LogP contribution in [-0.2, 0) is 9.53 Å². The van der Waals surface area contributed by atoms with Crippen LogP contribution in [0.25, 0.3) is 0 Å². The first-order valence-corrected chi connectivity index (χ1v) is 5.53. The van der Waals surface area contributed by atoms with Crippen LogP contribution >= 0.6 is 0 Å².